The van der Waals surface area contributed by atoms with Crippen LogP contribution < -0.4 is 5.32 Å². The van der Waals surface area contributed by atoms with E-state index in [4.69, 9.17) is 11.6 Å². The molecule has 4 nitrogen and oxygen atoms in total. The summed E-state index contributed by atoms with van der Waals surface area (Å²) < 4.78 is 0. The van der Waals surface area contributed by atoms with Crippen molar-refractivity contribution in [2.24, 2.45) is 0 Å². The third kappa shape index (κ3) is 2.92. The number of nitrogens with zero attached hydrogens (tertiary/aromatic N) is 3. The number of rotatable bonds is 3. The highest BCUT2D eigenvalue weighted by atomic mass is 35.5. The maximum Gasteiger partial charge on any atom is 0.227 e. The summed E-state index contributed by atoms with van der Waals surface area (Å²) in [6.07, 6.45) is 5.20. The molecule has 98 valence electrons. The normalized spacial score (nSPS) is 10.2. The predicted molar refractivity (Wildman–Crippen MR) is 80.0 cm³/mol. The van der Waals surface area contributed by atoms with Gasteiger partial charge in [0.2, 0.25) is 5.95 Å². The molecule has 0 atom stereocenters. The number of aromatic nitrogens is 3. The Morgan fingerprint density at radius 3 is 2.35 bits per heavy atom. The number of pyridine rings is 1. The van der Waals surface area contributed by atoms with E-state index >= 15 is 0 Å². The Kier molecular flexibility index (Phi) is 3.56. The van der Waals surface area contributed by atoms with Gasteiger partial charge in [-0.15, -0.1) is 0 Å². The van der Waals surface area contributed by atoms with Gasteiger partial charge in [-0.2, -0.15) is 0 Å². The van der Waals surface area contributed by atoms with Gasteiger partial charge in [0.1, 0.15) is 0 Å². The van der Waals surface area contributed by atoms with Gasteiger partial charge in [-0.25, -0.2) is 9.97 Å². The van der Waals surface area contributed by atoms with E-state index in [2.05, 4.69) is 20.3 Å². The second-order valence-corrected chi connectivity index (χ2v) is 4.57. The molecular weight excluding hydrogens is 272 g/mol. The van der Waals surface area contributed by atoms with Gasteiger partial charge in [-0.3, -0.25) is 4.98 Å². The van der Waals surface area contributed by atoms with Crippen LogP contribution in [0.15, 0.2) is 61.1 Å². The van der Waals surface area contributed by atoms with Gasteiger partial charge in [0.05, 0.1) is 5.69 Å². The van der Waals surface area contributed by atoms with Crippen molar-refractivity contribution < 1.29 is 0 Å². The second-order valence-electron chi connectivity index (χ2n) is 4.13. The lowest BCUT2D eigenvalue weighted by molar-refractivity contribution is 1.17. The zero-order chi connectivity index (χ0) is 13.8. The van der Waals surface area contributed by atoms with Crippen molar-refractivity contribution in [2.45, 2.75) is 0 Å². The van der Waals surface area contributed by atoms with Crippen LogP contribution in [0.4, 0.5) is 11.6 Å². The van der Waals surface area contributed by atoms with Crippen molar-refractivity contribution in [3.8, 4) is 11.3 Å². The second kappa shape index (κ2) is 5.67. The number of hydrogen-bond donors (Lipinski definition) is 1. The molecule has 3 rings (SSSR count). The molecular formula is C15H11ClN4. The summed E-state index contributed by atoms with van der Waals surface area (Å²) in [7, 11) is 0. The lowest BCUT2D eigenvalue weighted by atomic mass is 10.2. The molecule has 20 heavy (non-hydrogen) atoms. The third-order valence-electron chi connectivity index (χ3n) is 2.73. The van der Waals surface area contributed by atoms with Gasteiger partial charge in [0.25, 0.3) is 0 Å². The summed E-state index contributed by atoms with van der Waals surface area (Å²) in [5, 5.41) is 3.84. The van der Waals surface area contributed by atoms with Gasteiger partial charge >= 0.3 is 0 Å². The average molecular weight is 283 g/mol. The topological polar surface area (TPSA) is 50.7 Å². The van der Waals surface area contributed by atoms with Crippen molar-refractivity contribution in [2.75, 3.05) is 5.32 Å². The smallest absolute Gasteiger partial charge is 0.227 e. The molecule has 0 fully saturated rings. The fourth-order valence-electron chi connectivity index (χ4n) is 1.76. The van der Waals surface area contributed by atoms with Crippen molar-refractivity contribution in [3.05, 3.63) is 66.1 Å². The molecule has 0 amide bonds. The van der Waals surface area contributed by atoms with Crippen LogP contribution in [0.2, 0.25) is 5.02 Å². The number of halogens is 1. The largest absolute Gasteiger partial charge is 0.324 e. The van der Waals surface area contributed by atoms with Gasteiger partial charge in [0.15, 0.2) is 0 Å². The number of nitrogens with one attached hydrogen (secondary N) is 1. The SMILES string of the molecule is Clc1ccc(Nc2nccc(-c3ccncc3)n2)cc1. The van der Waals surface area contributed by atoms with Crippen LogP contribution in [0.3, 0.4) is 0 Å². The lowest BCUT2D eigenvalue weighted by Crippen LogP contribution is -1.97. The van der Waals surface area contributed by atoms with Gasteiger partial charge in [-0.05, 0) is 42.5 Å². The predicted octanol–water partition coefficient (Wildman–Crippen LogP) is 3.94. The van der Waals surface area contributed by atoms with Crippen LogP contribution in [0.5, 0.6) is 0 Å². The maximum absolute atomic E-state index is 5.85. The standard InChI is InChI=1S/C15H11ClN4/c16-12-1-3-13(4-2-12)19-15-18-10-7-14(20-15)11-5-8-17-9-6-11/h1-10H,(H,18,19,20). The summed E-state index contributed by atoms with van der Waals surface area (Å²) in [6.45, 7) is 0. The molecule has 0 aliphatic carbocycles. The van der Waals surface area contributed by atoms with Crippen LogP contribution in [-0.4, -0.2) is 15.0 Å². The lowest BCUT2D eigenvalue weighted by Gasteiger charge is -2.06. The van der Waals surface area contributed by atoms with E-state index in [0.29, 0.717) is 11.0 Å². The summed E-state index contributed by atoms with van der Waals surface area (Å²) in [5.74, 6) is 0.543. The number of benzene rings is 1. The Labute approximate surface area is 121 Å². The van der Waals surface area contributed by atoms with Gasteiger partial charge in [-0.1, -0.05) is 11.6 Å². The van der Waals surface area contributed by atoms with Gasteiger partial charge in [0, 0.05) is 34.9 Å². The molecule has 1 N–H and O–H groups in total. The molecule has 0 spiro atoms. The van der Waals surface area contributed by atoms with Crippen LogP contribution >= 0.6 is 11.6 Å². The van der Waals surface area contributed by atoms with E-state index < -0.39 is 0 Å². The summed E-state index contributed by atoms with van der Waals surface area (Å²) >= 11 is 5.85. The van der Waals surface area contributed by atoms with Gasteiger partial charge < -0.3 is 5.32 Å². The summed E-state index contributed by atoms with van der Waals surface area (Å²) in [4.78, 5) is 12.7. The molecule has 0 aliphatic heterocycles. The summed E-state index contributed by atoms with van der Waals surface area (Å²) in [6, 6.07) is 13.1. The van der Waals surface area contributed by atoms with E-state index in [0.717, 1.165) is 16.9 Å². The molecule has 0 aliphatic rings. The molecule has 1 aromatic carbocycles. The fraction of sp³-hybridized carbons (Fsp3) is 0. The minimum absolute atomic E-state index is 0.543. The zero-order valence-corrected chi connectivity index (χ0v) is 11.2. The van der Waals surface area contributed by atoms with Crippen LogP contribution in [0, 0.1) is 0 Å². The molecule has 2 aromatic heterocycles. The quantitative estimate of drug-likeness (QED) is 0.790. The molecule has 0 radical (unpaired) electrons. The highest BCUT2D eigenvalue weighted by molar-refractivity contribution is 6.30. The van der Waals surface area contributed by atoms with Crippen molar-refractivity contribution in [3.63, 3.8) is 0 Å². The van der Waals surface area contributed by atoms with Crippen molar-refractivity contribution in [1.29, 1.82) is 0 Å². The summed E-state index contributed by atoms with van der Waals surface area (Å²) in [5.41, 5.74) is 2.74. The first-order chi connectivity index (χ1) is 9.81. The first-order valence-corrected chi connectivity index (χ1v) is 6.45. The molecule has 0 unspecified atom stereocenters. The molecule has 3 aromatic rings. The minimum atomic E-state index is 0.543. The van der Waals surface area contributed by atoms with E-state index in [9.17, 15) is 0 Å². The third-order valence-corrected chi connectivity index (χ3v) is 2.98. The fourth-order valence-corrected chi connectivity index (χ4v) is 1.89. The minimum Gasteiger partial charge on any atom is -0.324 e. The molecule has 0 bridgehead atoms. The highest BCUT2D eigenvalue weighted by Gasteiger charge is 2.02. The number of anilines is 2. The Hall–Kier alpha value is -2.46. The molecule has 5 heteroatoms. The van der Waals surface area contributed by atoms with Crippen LogP contribution in [-0.2, 0) is 0 Å². The Morgan fingerprint density at radius 1 is 0.850 bits per heavy atom. The zero-order valence-electron chi connectivity index (χ0n) is 10.5. The first kappa shape index (κ1) is 12.6. The maximum atomic E-state index is 5.85. The first-order valence-electron chi connectivity index (χ1n) is 6.07. The van der Waals surface area contributed by atoms with E-state index in [1.165, 1.54) is 0 Å². The highest BCUT2D eigenvalue weighted by Crippen LogP contribution is 2.19. The molecule has 2 heterocycles. The van der Waals surface area contributed by atoms with E-state index in [1.807, 2.05) is 42.5 Å². The van der Waals surface area contributed by atoms with Crippen molar-refractivity contribution >= 4 is 23.2 Å². The van der Waals surface area contributed by atoms with Crippen LogP contribution in [0.1, 0.15) is 0 Å². The average Bonchev–Trinajstić information content (AvgIpc) is 2.51. The Bertz CT molecular complexity index is 699. The number of hydrogen-bond acceptors (Lipinski definition) is 4. The Morgan fingerprint density at radius 2 is 1.60 bits per heavy atom. The molecule has 0 saturated heterocycles. The van der Waals surface area contributed by atoms with E-state index in [-0.39, 0.29) is 0 Å². The van der Waals surface area contributed by atoms with Crippen LogP contribution in [0.25, 0.3) is 11.3 Å². The van der Waals surface area contributed by atoms with Crippen molar-refractivity contribution in [1.82, 2.24) is 15.0 Å². The molecule has 0 saturated carbocycles. The monoisotopic (exact) mass is 282 g/mol. The van der Waals surface area contributed by atoms with E-state index in [1.54, 1.807) is 18.6 Å². The Balaban J connectivity index is 1.86.